The molecule has 0 saturated carbocycles. The number of hydrogen-bond donors (Lipinski definition) is 0. The second kappa shape index (κ2) is 7.53. The molecule has 0 unspecified atom stereocenters. The van der Waals surface area contributed by atoms with Gasteiger partial charge >= 0.3 is 0 Å². The molecule has 0 aromatic heterocycles. The van der Waals surface area contributed by atoms with Crippen LogP contribution in [0.4, 0.5) is 4.39 Å². The monoisotopic (exact) mass is 352 g/mol. The summed E-state index contributed by atoms with van der Waals surface area (Å²) >= 11 is 6.59. The van der Waals surface area contributed by atoms with Crippen LogP contribution in [0.3, 0.4) is 0 Å². The molecule has 4 nitrogen and oxygen atoms in total. The number of hydrogen-bond acceptors (Lipinski definition) is 5. The zero-order valence-corrected chi connectivity index (χ0v) is 14.2. The van der Waals surface area contributed by atoms with Crippen molar-refractivity contribution in [2.24, 2.45) is 0 Å². The zero-order chi connectivity index (χ0) is 16.2. The topological polar surface area (TPSA) is 32.8 Å². The van der Waals surface area contributed by atoms with Gasteiger partial charge in [-0.2, -0.15) is 0 Å². The summed E-state index contributed by atoms with van der Waals surface area (Å²) in [5, 5.41) is 0. The van der Waals surface area contributed by atoms with Crippen LogP contribution in [0.2, 0.25) is 0 Å². The number of morpholine rings is 1. The molecule has 2 heterocycles. The van der Waals surface area contributed by atoms with Crippen LogP contribution in [0.5, 0.6) is 0 Å². The summed E-state index contributed by atoms with van der Waals surface area (Å²) < 4.78 is 19.1. The molecule has 2 fully saturated rings. The lowest BCUT2D eigenvalue weighted by atomic mass is 10.2. The Morgan fingerprint density at radius 3 is 2.83 bits per heavy atom. The molecule has 1 amide bonds. The van der Waals surface area contributed by atoms with E-state index in [9.17, 15) is 9.18 Å². The summed E-state index contributed by atoms with van der Waals surface area (Å²) in [4.78, 5) is 16.9. The van der Waals surface area contributed by atoms with E-state index in [0.717, 1.165) is 32.8 Å². The van der Waals surface area contributed by atoms with Gasteiger partial charge in [-0.25, -0.2) is 4.39 Å². The Morgan fingerprint density at radius 1 is 1.30 bits per heavy atom. The van der Waals surface area contributed by atoms with Crippen LogP contribution in [0, 0.1) is 5.82 Å². The maximum atomic E-state index is 13.2. The highest BCUT2D eigenvalue weighted by molar-refractivity contribution is 8.26. The molecule has 0 aliphatic carbocycles. The molecule has 2 saturated heterocycles. The van der Waals surface area contributed by atoms with Gasteiger partial charge in [0.25, 0.3) is 5.91 Å². The second-order valence-electron chi connectivity index (χ2n) is 5.34. The first-order valence-electron chi connectivity index (χ1n) is 7.44. The van der Waals surface area contributed by atoms with Crippen molar-refractivity contribution in [3.05, 3.63) is 40.6 Å². The van der Waals surface area contributed by atoms with Crippen molar-refractivity contribution in [3.8, 4) is 0 Å². The molecule has 0 atom stereocenters. The van der Waals surface area contributed by atoms with E-state index < -0.39 is 0 Å². The summed E-state index contributed by atoms with van der Waals surface area (Å²) in [7, 11) is 0. The van der Waals surface area contributed by atoms with Crippen molar-refractivity contribution in [3.63, 3.8) is 0 Å². The minimum absolute atomic E-state index is 0.0995. The molecule has 23 heavy (non-hydrogen) atoms. The lowest BCUT2D eigenvalue weighted by molar-refractivity contribution is -0.122. The molecule has 2 aliphatic rings. The Kier molecular flexibility index (Phi) is 5.42. The molecule has 0 radical (unpaired) electrons. The molecular weight excluding hydrogens is 335 g/mol. The van der Waals surface area contributed by atoms with Crippen LogP contribution in [0.15, 0.2) is 29.2 Å². The molecular formula is C16H17FN2O2S2. The lowest BCUT2D eigenvalue weighted by Crippen LogP contribution is -2.42. The number of nitrogens with zero attached hydrogens (tertiary/aromatic N) is 2. The van der Waals surface area contributed by atoms with Gasteiger partial charge in [0.1, 0.15) is 10.1 Å². The summed E-state index contributed by atoms with van der Waals surface area (Å²) in [5.41, 5.74) is 0.665. The highest BCUT2D eigenvalue weighted by Gasteiger charge is 2.32. The van der Waals surface area contributed by atoms with Gasteiger partial charge < -0.3 is 4.74 Å². The lowest BCUT2D eigenvalue weighted by Gasteiger charge is -2.28. The van der Waals surface area contributed by atoms with Gasteiger partial charge in [0.15, 0.2) is 0 Å². The fourth-order valence-electron chi connectivity index (χ4n) is 2.51. The number of halogens is 1. The minimum Gasteiger partial charge on any atom is -0.379 e. The third-order valence-corrected chi connectivity index (χ3v) is 5.14. The standard InChI is InChI=1S/C16H17FN2O2S2/c17-13-3-1-2-12(10-13)11-14-15(20)19(16(22)23-14)5-4-18-6-8-21-9-7-18/h1-3,10-11H,4-9H2/b14-11-. The number of thiocarbonyl (C=S) groups is 1. The molecule has 1 aromatic carbocycles. The highest BCUT2D eigenvalue weighted by Crippen LogP contribution is 2.32. The highest BCUT2D eigenvalue weighted by atomic mass is 32.2. The Hall–Kier alpha value is -1.28. The van der Waals surface area contributed by atoms with Crippen molar-refractivity contribution in [1.29, 1.82) is 0 Å². The van der Waals surface area contributed by atoms with E-state index in [2.05, 4.69) is 4.90 Å². The smallest absolute Gasteiger partial charge is 0.266 e. The molecule has 0 bridgehead atoms. The predicted molar refractivity (Wildman–Crippen MR) is 93.5 cm³/mol. The number of benzene rings is 1. The summed E-state index contributed by atoms with van der Waals surface area (Å²) in [6.45, 7) is 4.59. The van der Waals surface area contributed by atoms with Crippen LogP contribution in [0.25, 0.3) is 6.08 Å². The van der Waals surface area contributed by atoms with Gasteiger partial charge in [-0.05, 0) is 23.8 Å². The van der Waals surface area contributed by atoms with Crippen LogP contribution in [0.1, 0.15) is 5.56 Å². The summed E-state index contributed by atoms with van der Waals surface area (Å²) in [5.74, 6) is -0.418. The first-order valence-corrected chi connectivity index (χ1v) is 8.67. The fourth-order valence-corrected chi connectivity index (χ4v) is 3.82. The van der Waals surface area contributed by atoms with Gasteiger partial charge in [0.05, 0.1) is 18.1 Å². The van der Waals surface area contributed by atoms with E-state index in [-0.39, 0.29) is 11.7 Å². The summed E-state index contributed by atoms with van der Waals surface area (Å²) in [6.07, 6.45) is 1.69. The molecule has 1 aromatic rings. The van der Waals surface area contributed by atoms with E-state index in [1.54, 1.807) is 23.1 Å². The molecule has 122 valence electrons. The fraction of sp³-hybridized carbons (Fsp3) is 0.375. The van der Waals surface area contributed by atoms with E-state index in [4.69, 9.17) is 17.0 Å². The number of thioether (sulfide) groups is 1. The third-order valence-electron chi connectivity index (χ3n) is 3.76. The van der Waals surface area contributed by atoms with Crippen LogP contribution in [-0.4, -0.2) is 59.4 Å². The quantitative estimate of drug-likeness (QED) is 0.614. The van der Waals surface area contributed by atoms with Crippen molar-refractivity contribution in [1.82, 2.24) is 9.80 Å². The minimum atomic E-state index is -0.318. The Balaban J connectivity index is 1.65. The van der Waals surface area contributed by atoms with Crippen LogP contribution < -0.4 is 0 Å². The molecule has 2 aliphatic heterocycles. The van der Waals surface area contributed by atoms with Crippen molar-refractivity contribution in [2.45, 2.75) is 0 Å². The van der Waals surface area contributed by atoms with Crippen LogP contribution >= 0.6 is 24.0 Å². The third kappa shape index (κ3) is 4.17. The van der Waals surface area contributed by atoms with Gasteiger partial charge in [0.2, 0.25) is 0 Å². The maximum absolute atomic E-state index is 13.2. The Bertz CT molecular complexity index is 645. The Labute approximate surface area is 144 Å². The van der Waals surface area contributed by atoms with Crippen molar-refractivity contribution >= 4 is 40.3 Å². The first kappa shape index (κ1) is 16.6. The number of rotatable bonds is 4. The van der Waals surface area contributed by atoms with Gasteiger partial charge in [-0.3, -0.25) is 14.6 Å². The van der Waals surface area contributed by atoms with Crippen molar-refractivity contribution < 1.29 is 13.9 Å². The normalized spacial score (nSPS) is 21.4. The van der Waals surface area contributed by atoms with Gasteiger partial charge in [-0.15, -0.1) is 0 Å². The van der Waals surface area contributed by atoms with Gasteiger partial charge in [-0.1, -0.05) is 36.1 Å². The number of amides is 1. The van der Waals surface area contributed by atoms with Crippen LogP contribution in [-0.2, 0) is 9.53 Å². The number of carbonyl (C=O) groups excluding carboxylic acids is 1. The summed E-state index contributed by atoms with van der Waals surface area (Å²) in [6, 6.07) is 6.18. The SMILES string of the molecule is O=C1/C(=C/c2cccc(F)c2)SC(=S)N1CCN1CCOCC1. The first-order chi connectivity index (χ1) is 11.1. The molecule has 0 spiro atoms. The Morgan fingerprint density at radius 2 is 2.09 bits per heavy atom. The zero-order valence-electron chi connectivity index (χ0n) is 12.5. The van der Waals surface area contributed by atoms with E-state index in [1.807, 2.05) is 0 Å². The molecule has 0 N–H and O–H groups in total. The largest absolute Gasteiger partial charge is 0.379 e. The average molecular weight is 352 g/mol. The average Bonchev–Trinajstić information content (AvgIpc) is 2.80. The second-order valence-corrected chi connectivity index (χ2v) is 7.02. The molecule has 3 rings (SSSR count). The molecule has 7 heteroatoms. The van der Waals surface area contributed by atoms with E-state index in [0.29, 0.717) is 21.3 Å². The van der Waals surface area contributed by atoms with Gasteiger partial charge in [0, 0.05) is 26.2 Å². The predicted octanol–water partition coefficient (Wildman–Crippen LogP) is 2.36. The number of carbonyl (C=O) groups is 1. The maximum Gasteiger partial charge on any atom is 0.266 e. The van der Waals surface area contributed by atoms with Crippen molar-refractivity contribution in [2.75, 3.05) is 39.4 Å². The van der Waals surface area contributed by atoms with E-state index >= 15 is 0 Å². The number of ether oxygens (including phenoxy) is 1. The van der Waals surface area contributed by atoms with E-state index in [1.165, 1.54) is 23.9 Å².